The second-order valence-electron chi connectivity index (χ2n) is 24.8. The van der Waals surface area contributed by atoms with Crippen molar-refractivity contribution in [2.45, 2.75) is 208 Å². The van der Waals surface area contributed by atoms with E-state index in [4.69, 9.17) is 14.2 Å². The normalized spacial score (nSPS) is 16.9. The molecule has 7 aromatic carbocycles. The fourth-order valence-corrected chi connectivity index (χ4v) is 24.3. The first-order valence-electron chi connectivity index (χ1n) is 34.0. The number of aryl methyl sites for hydroxylation is 2. The standard InChI is InChI=1S/C19H25OS.C18H23OS.C15H23S.C14H21OS.C11H15S.C2H6/c1-2-3-13-20-18-11-12-19(21-14-7-4-8-15-21)17-10-6-5-9-16(17)18;1-2-3-12-19-17-10-11-18(20-13-6-7-14-20)16-9-5-4-8-15(16)17;1-15(2,3)13-7-9-14(10-8-13)16-11-5-4-6-12-16;1-11-9-13(10-12(2)14(11)15-3)16-7-5-4-6-8-16;1-3-7-11(8-4-1)12-9-5-2-6-10-12;1-2/h5-6,9-12H,2-4,7-8,13-15H2,1H3;4-5,8-11H,2-3,6-7,12-14H2,1H3;7-10H,4-6,11-12H2,1-3H3;9-10H,4-8H2,1-3H3;1,3-4,7-8H,2,5-6,9-10H2;1-2H3/q5*+1;. The van der Waals surface area contributed by atoms with Crippen LogP contribution in [0.25, 0.3) is 21.5 Å². The summed E-state index contributed by atoms with van der Waals surface area (Å²) in [4.78, 5) is 7.84. The zero-order valence-electron chi connectivity index (χ0n) is 55.8. The number of ether oxygens (including phenoxy) is 3. The lowest BCUT2D eigenvalue weighted by molar-refractivity contribution is 0.312. The van der Waals surface area contributed by atoms with E-state index >= 15 is 0 Å². The molecule has 0 bridgehead atoms. The lowest BCUT2D eigenvalue weighted by Gasteiger charge is -2.19. The topological polar surface area (TPSA) is 27.7 Å². The lowest BCUT2D eigenvalue weighted by atomic mass is 9.87. The summed E-state index contributed by atoms with van der Waals surface area (Å²) in [6.07, 6.45) is 24.5. The molecule has 0 spiro atoms. The molecule has 5 saturated heterocycles. The van der Waals surface area contributed by atoms with Gasteiger partial charge in [0.1, 0.15) is 74.8 Å². The van der Waals surface area contributed by atoms with E-state index in [1.807, 2.05) is 13.8 Å². The van der Waals surface area contributed by atoms with Gasteiger partial charge in [-0.3, -0.25) is 0 Å². The molecule has 0 aliphatic carbocycles. The highest BCUT2D eigenvalue weighted by molar-refractivity contribution is 7.98. The third-order valence-electron chi connectivity index (χ3n) is 17.1. The Morgan fingerprint density at radius 2 is 0.701 bits per heavy atom. The largest absolute Gasteiger partial charge is 0.496 e. The summed E-state index contributed by atoms with van der Waals surface area (Å²) in [5.74, 6) is 17.2. The van der Waals surface area contributed by atoms with Gasteiger partial charge in [-0.05, 0) is 211 Å². The molecule has 5 heterocycles. The van der Waals surface area contributed by atoms with E-state index in [1.165, 1.54) is 198 Å². The van der Waals surface area contributed by atoms with Crippen molar-refractivity contribution < 1.29 is 14.2 Å². The van der Waals surface area contributed by atoms with Crippen molar-refractivity contribution in [3.05, 3.63) is 156 Å². The van der Waals surface area contributed by atoms with Crippen LogP contribution in [0.15, 0.2) is 164 Å². The van der Waals surface area contributed by atoms with E-state index in [0.717, 1.165) is 43.3 Å². The zero-order chi connectivity index (χ0) is 61.6. The van der Waals surface area contributed by atoms with Crippen molar-refractivity contribution in [1.82, 2.24) is 0 Å². The predicted molar refractivity (Wildman–Crippen MR) is 396 cm³/mol. The molecule has 0 radical (unpaired) electrons. The Labute approximate surface area is 545 Å². The van der Waals surface area contributed by atoms with Gasteiger partial charge in [-0.15, -0.1) is 0 Å². The molecule has 12 rings (SSSR count). The quantitative estimate of drug-likeness (QED) is 0.0802. The average molecular weight is 1270 g/mol. The van der Waals surface area contributed by atoms with Crippen LogP contribution in [0.5, 0.6) is 17.2 Å². The molecule has 5 fully saturated rings. The Kier molecular flexibility index (Phi) is 31.5. The summed E-state index contributed by atoms with van der Waals surface area (Å²) < 4.78 is 17.4. The fraction of sp³-hybridized carbons (Fsp3) is 0.519. The molecular formula is C79H113O3S5+5. The molecule has 5 aliphatic rings. The van der Waals surface area contributed by atoms with Gasteiger partial charge in [0.05, 0.1) is 20.3 Å². The van der Waals surface area contributed by atoms with Crippen LogP contribution in [-0.4, -0.2) is 77.9 Å². The first-order chi connectivity index (χ1) is 42.6. The smallest absolute Gasteiger partial charge is 0.162 e. The van der Waals surface area contributed by atoms with E-state index in [-0.39, 0.29) is 5.41 Å². The van der Waals surface area contributed by atoms with Gasteiger partial charge in [-0.2, -0.15) is 0 Å². The third-order valence-corrected chi connectivity index (χ3v) is 29.6. The number of methoxy groups -OCH3 is 1. The molecule has 0 atom stereocenters. The number of hydrogen-bond donors (Lipinski definition) is 0. The molecule has 0 N–H and O–H groups in total. The molecule has 87 heavy (non-hydrogen) atoms. The van der Waals surface area contributed by atoms with Crippen LogP contribution in [0.2, 0.25) is 0 Å². The van der Waals surface area contributed by atoms with Crippen molar-refractivity contribution in [1.29, 1.82) is 0 Å². The monoisotopic (exact) mass is 1270 g/mol. The molecule has 3 nitrogen and oxygen atoms in total. The molecule has 472 valence electrons. The molecule has 8 heteroatoms. The number of benzene rings is 7. The van der Waals surface area contributed by atoms with Crippen molar-refractivity contribution in [2.75, 3.05) is 77.9 Å². The minimum absolute atomic E-state index is 0.286. The van der Waals surface area contributed by atoms with Gasteiger partial charge < -0.3 is 14.2 Å². The van der Waals surface area contributed by atoms with E-state index in [1.54, 1.807) is 31.6 Å². The highest BCUT2D eigenvalue weighted by atomic mass is 32.2. The molecule has 0 aromatic heterocycles. The maximum atomic E-state index is 6.01. The lowest BCUT2D eigenvalue weighted by Crippen LogP contribution is -2.18. The molecule has 0 amide bonds. The Hall–Kier alpha value is -3.79. The summed E-state index contributed by atoms with van der Waals surface area (Å²) in [6, 6.07) is 51.7. The highest BCUT2D eigenvalue weighted by Crippen LogP contribution is 2.37. The van der Waals surface area contributed by atoms with E-state index < -0.39 is 0 Å². The van der Waals surface area contributed by atoms with Gasteiger partial charge in [0.2, 0.25) is 0 Å². The van der Waals surface area contributed by atoms with Crippen molar-refractivity contribution in [3.8, 4) is 17.2 Å². The van der Waals surface area contributed by atoms with E-state index in [9.17, 15) is 0 Å². The maximum Gasteiger partial charge on any atom is 0.162 e. The van der Waals surface area contributed by atoms with E-state index in [2.05, 4.69) is 188 Å². The Morgan fingerprint density at radius 1 is 0.368 bits per heavy atom. The maximum absolute atomic E-state index is 6.01. The predicted octanol–water partition coefficient (Wildman–Crippen LogP) is 21.5. The first kappa shape index (κ1) is 70.7. The van der Waals surface area contributed by atoms with E-state index in [0.29, 0.717) is 54.5 Å². The minimum Gasteiger partial charge on any atom is -0.496 e. The molecule has 0 unspecified atom stereocenters. The van der Waals surface area contributed by atoms with Gasteiger partial charge in [0.25, 0.3) is 0 Å². The van der Waals surface area contributed by atoms with Crippen LogP contribution >= 0.6 is 0 Å². The summed E-state index contributed by atoms with van der Waals surface area (Å²) in [6.45, 7) is 21.2. The summed E-state index contributed by atoms with van der Waals surface area (Å²) in [5.41, 5.74) is 4.32. The summed E-state index contributed by atoms with van der Waals surface area (Å²) in [7, 11) is 4.33. The number of fused-ring (bicyclic) bond motifs is 2. The Morgan fingerprint density at radius 3 is 1.07 bits per heavy atom. The molecule has 0 saturated carbocycles. The van der Waals surface area contributed by atoms with Crippen LogP contribution in [0.1, 0.15) is 181 Å². The van der Waals surface area contributed by atoms with Gasteiger partial charge in [-0.1, -0.05) is 128 Å². The van der Waals surface area contributed by atoms with Crippen LogP contribution in [0.3, 0.4) is 0 Å². The molecule has 5 aliphatic heterocycles. The highest BCUT2D eigenvalue weighted by Gasteiger charge is 2.31. The second kappa shape index (κ2) is 38.8. The van der Waals surface area contributed by atoms with Crippen molar-refractivity contribution >= 4 is 76.0 Å². The van der Waals surface area contributed by atoms with Crippen LogP contribution in [0, 0.1) is 13.8 Å². The van der Waals surface area contributed by atoms with Gasteiger partial charge in [0.15, 0.2) is 24.5 Å². The minimum atomic E-state index is 0.286. The molecular weight excluding hydrogens is 1160 g/mol. The zero-order valence-corrected chi connectivity index (χ0v) is 59.8. The second-order valence-corrected chi connectivity index (χ2v) is 36.1. The van der Waals surface area contributed by atoms with Crippen molar-refractivity contribution in [2.24, 2.45) is 0 Å². The van der Waals surface area contributed by atoms with Crippen LogP contribution in [-0.2, 0) is 59.9 Å². The van der Waals surface area contributed by atoms with Gasteiger partial charge in [-0.25, -0.2) is 0 Å². The van der Waals surface area contributed by atoms with Gasteiger partial charge >= 0.3 is 0 Å². The molecule has 7 aromatic rings. The Balaban J connectivity index is 0.000000156. The number of unbranched alkanes of at least 4 members (excludes halogenated alkanes) is 2. The SMILES string of the molecule is CC.CC(C)(C)c1ccc([S+]2CCCCC2)cc1.CCCCOc1ccc([S+]2CCCC2)c2ccccc12.CCCCOc1ccc([S+]2CCCCC2)c2ccccc12.COc1c(C)cc([S+]2CCCCC2)cc1C.c1ccc([S+]2CCCCC2)cc1. The van der Waals surface area contributed by atoms with Crippen LogP contribution in [0.4, 0.5) is 0 Å². The van der Waals surface area contributed by atoms with Gasteiger partial charge in [0, 0.05) is 76.0 Å². The van der Waals surface area contributed by atoms with Crippen molar-refractivity contribution in [3.63, 3.8) is 0 Å². The fourth-order valence-electron chi connectivity index (χ4n) is 12.2. The Bertz CT molecular complexity index is 2990. The average Bonchev–Trinajstić information content (AvgIpc) is 2.63. The summed E-state index contributed by atoms with van der Waals surface area (Å²) in [5, 5.41) is 5.41. The summed E-state index contributed by atoms with van der Waals surface area (Å²) >= 11 is 0. The number of hydrogen-bond acceptors (Lipinski definition) is 3. The third kappa shape index (κ3) is 22.0. The first-order valence-corrected chi connectivity index (χ1v) is 41.8. The number of rotatable bonds is 14. The van der Waals surface area contributed by atoms with Crippen LogP contribution < -0.4 is 14.2 Å².